The van der Waals surface area contributed by atoms with Crippen LogP contribution in [0, 0.1) is 6.92 Å². The van der Waals surface area contributed by atoms with Crippen molar-refractivity contribution in [3.63, 3.8) is 0 Å². The first kappa shape index (κ1) is 13.1. The van der Waals surface area contributed by atoms with Crippen molar-refractivity contribution in [1.82, 2.24) is 4.98 Å². The van der Waals surface area contributed by atoms with Gasteiger partial charge in [-0.3, -0.25) is 4.79 Å². The Hall–Kier alpha value is -2.30. The van der Waals surface area contributed by atoms with Crippen LogP contribution in [-0.2, 0) is 11.2 Å². The number of aromatic amines is 1. The van der Waals surface area contributed by atoms with Crippen LogP contribution >= 0.6 is 0 Å². The zero-order valence-electron chi connectivity index (χ0n) is 10.8. The summed E-state index contributed by atoms with van der Waals surface area (Å²) in [6, 6.07) is 5.18. The van der Waals surface area contributed by atoms with Crippen molar-refractivity contribution in [2.24, 2.45) is 0 Å². The van der Waals surface area contributed by atoms with Gasteiger partial charge in [0, 0.05) is 28.1 Å². The summed E-state index contributed by atoms with van der Waals surface area (Å²) >= 11 is 0. The van der Waals surface area contributed by atoms with E-state index in [4.69, 9.17) is 4.74 Å². The smallest absolute Gasteiger partial charge is 0.192 e. The highest BCUT2D eigenvalue weighted by Gasteiger charge is 2.10. The summed E-state index contributed by atoms with van der Waals surface area (Å²) < 4.78 is 5.09. The van der Waals surface area contributed by atoms with Crippen molar-refractivity contribution in [2.75, 3.05) is 7.11 Å². The molecule has 0 spiro atoms. The van der Waals surface area contributed by atoms with Gasteiger partial charge in [0.2, 0.25) is 0 Å². The largest absolute Gasteiger partial charge is 0.550 e. The van der Waals surface area contributed by atoms with Crippen molar-refractivity contribution in [1.29, 1.82) is 0 Å². The van der Waals surface area contributed by atoms with Crippen LogP contribution in [-0.4, -0.2) is 18.1 Å². The van der Waals surface area contributed by atoms with Gasteiger partial charge in [0.1, 0.15) is 5.75 Å². The summed E-state index contributed by atoms with van der Waals surface area (Å²) in [6.45, 7) is 1.76. The Morgan fingerprint density at radius 3 is 2.79 bits per heavy atom. The van der Waals surface area contributed by atoms with E-state index < -0.39 is 5.97 Å². The molecule has 0 atom stereocenters. The molecule has 1 heterocycles. The Balaban J connectivity index is 2.58. The van der Waals surface area contributed by atoms with Crippen LogP contribution in [0.2, 0.25) is 0 Å². The first-order valence-corrected chi connectivity index (χ1v) is 5.92. The maximum atomic E-state index is 12.3. The third kappa shape index (κ3) is 2.59. The van der Waals surface area contributed by atoms with Crippen molar-refractivity contribution in [3.05, 3.63) is 39.7 Å². The zero-order valence-corrected chi connectivity index (χ0v) is 10.8. The van der Waals surface area contributed by atoms with E-state index >= 15 is 0 Å². The van der Waals surface area contributed by atoms with E-state index in [0.29, 0.717) is 27.9 Å². The highest BCUT2D eigenvalue weighted by molar-refractivity contribution is 5.81. The van der Waals surface area contributed by atoms with Crippen LogP contribution in [0.15, 0.2) is 23.0 Å². The summed E-state index contributed by atoms with van der Waals surface area (Å²) in [5, 5.41) is 11.0. The van der Waals surface area contributed by atoms with Crippen LogP contribution in [0.1, 0.15) is 17.7 Å². The SMILES string of the molecule is COc1ccc2[nH]c(C)c(CCC(=O)[O-])c(=O)c2c1. The van der Waals surface area contributed by atoms with Crippen molar-refractivity contribution in [2.45, 2.75) is 19.8 Å². The van der Waals surface area contributed by atoms with Gasteiger partial charge >= 0.3 is 0 Å². The molecule has 0 fully saturated rings. The molecule has 0 amide bonds. The van der Waals surface area contributed by atoms with Crippen LogP contribution in [0.5, 0.6) is 5.75 Å². The van der Waals surface area contributed by atoms with Gasteiger partial charge in [0.25, 0.3) is 0 Å². The first-order chi connectivity index (χ1) is 9.02. The molecule has 0 aliphatic carbocycles. The number of pyridine rings is 1. The second kappa shape index (κ2) is 5.14. The lowest BCUT2D eigenvalue weighted by molar-refractivity contribution is -0.305. The molecule has 2 rings (SSSR count). The Bertz CT molecular complexity index is 688. The molecule has 5 nitrogen and oxygen atoms in total. The Labute approximate surface area is 109 Å². The maximum absolute atomic E-state index is 12.3. The molecule has 1 N–H and O–H groups in total. The zero-order chi connectivity index (χ0) is 14.0. The van der Waals surface area contributed by atoms with E-state index in [1.807, 2.05) is 0 Å². The second-order valence-corrected chi connectivity index (χ2v) is 4.34. The lowest BCUT2D eigenvalue weighted by Crippen LogP contribution is -2.24. The molecule has 0 aliphatic rings. The number of aliphatic carboxylic acids is 1. The minimum Gasteiger partial charge on any atom is -0.550 e. The molecule has 1 aromatic heterocycles. The number of carboxylic acid groups (broad SMARTS) is 1. The van der Waals surface area contributed by atoms with Crippen LogP contribution in [0.25, 0.3) is 10.9 Å². The molecule has 0 saturated heterocycles. The van der Waals surface area contributed by atoms with Crippen LogP contribution in [0.4, 0.5) is 0 Å². The van der Waals surface area contributed by atoms with E-state index in [1.54, 1.807) is 25.1 Å². The topological polar surface area (TPSA) is 82.2 Å². The fraction of sp³-hybridized carbons (Fsp3) is 0.286. The van der Waals surface area contributed by atoms with Crippen molar-refractivity contribution >= 4 is 16.9 Å². The van der Waals surface area contributed by atoms with Crippen LogP contribution < -0.4 is 15.3 Å². The third-order valence-corrected chi connectivity index (χ3v) is 3.10. The quantitative estimate of drug-likeness (QED) is 0.869. The lowest BCUT2D eigenvalue weighted by atomic mass is 10.0. The number of methoxy groups -OCH3 is 1. The number of hydrogen-bond donors (Lipinski definition) is 1. The third-order valence-electron chi connectivity index (χ3n) is 3.10. The summed E-state index contributed by atoms with van der Waals surface area (Å²) in [7, 11) is 1.53. The number of hydrogen-bond acceptors (Lipinski definition) is 4. The van der Waals surface area contributed by atoms with E-state index in [1.165, 1.54) is 7.11 Å². The highest BCUT2D eigenvalue weighted by atomic mass is 16.5. The molecule has 0 bridgehead atoms. The number of fused-ring (bicyclic) bond motifs is 1. The predicted octanol–water partition coefficient (Wildman–Crippen LogP) is 0.528. The van der Waals surface area contributed by atoms with Gasteiger partial charge in [0.15, 0.2) is 5.43 Å². The molecule has 100 valence electrons. The standard InChI is InChI=1S/C14H15NO4/c1-8-10(4-6-13(16)17)14(18)11-7-9(19-2)3-5-12(11)15-8/h3,5,7H,4,6H2,1-2H3,(H,15,18)(H,16,17)/p-1. The Morgan fingerprint density at radius 2 is 2.16 bits per heavy atom. The number of carbonyl (C=O) groups excluding carboxylic acids is 1. The van der Waals surface area contributed by atoms with Gasteiger partial charge in [-0.2, -0.15) is 0 Å². The number of aryl methyl sites for hydroxylation is 1. The number of H-pyrrole nitrogens is 1. The first-order valence-electron chi connectivity index (χ1n) is 5.92. The molecule has 0 unspecified atom stereocenters. The maximum Gasteiger partial charge on any atom is 0.192 e. The average molecular weight is 260 g/mol. The van der Waals surface area contributed by atoms with Gasteiger partial charge in [-0.1, -0.05) is 0 Å². The minimum atomic E-state index is -1.16. The van der Waals surface area contributed by atoms with Gasteiger partial charge < -0.3 is 19.6 Å². The number of carboxylic acids is 1. The van der Waals surface area contributed by atoms with E-state index in [9.17, 15) is 14.7 Å². The number of benzene rings is 1. The van der Waals surface area contributed by atoms with Gasteiger partial charge in [-0.05, 0) is 38.0 Å². The molecule has 0 radical (unpaired) electrons. The number of ether oxygens (including phenoxy) is 1. The summed E-state index contributed by atoms with van der Waals surface area (Å²) in [6.07, 6.45) is -0.00392. The molecular formula is C14H14NO4-. The summed E-state index contributed by atoms with van der Waals surface area (Å²) in [5.74, 6) is -0.572. The fourth-order valence-electron chi connectivity index (χ4n) is 2.09. The van der Waals surface area contributed by atoms with E-state index in [0.717, 1.165) is 0 Å². The monoisotopic (exact) mass is 260 g/mol. The highest BCUT2D eigenvalue weighted by Crippen LogP contribution is 2.18. The average Bonchev–Trinajstić information content (AvgIpc) is 2.38. The molecule has 0 aliphatic heterocycles. The minimum absolute atomic E-state index is 0.161. The van der Waals surface area contributed by atoms with Crippen molar-refractivity contribution in [3.8, 4) is 5.75 Å². The second-order valence-electron chi connectivity index (χ2n) is 4.34. The Morgan fingerprint density at radius 1 is 1.42 bits per heavy atom. The van der Waals surface area contributed by atoms with E-state index in [2.05, 4.69) is 4.98 Å². The summed E-state index contributed by atoms with van der Waals surface area (Å²) in [5.41, 5.74) is 1.71. The molecule has 19 heavy (non-hydrogen) atoms. The van der Waals surface area contributed by atoms with Crippen molar-refractivity contribution < 1.29 is 14.6 Å². The molecular weight excluding hydrogens is 246 g/mol. The molecule has 2 aromatic rings. The number of nitrogens with one attached hydrogen (secondary N) is 1. The fourth-order valence-corrected chi connectivity index (χ4v) is 2.09. The number of aromatic nitrogens is 1. The van der Waals surface area contributed by atoms with Gasteiger partial charge in [0.05, 0.1) is 7.11 Å². The number of carbonyl (C=O) groups is 1. The predicted molar refractivity (Wildman–Crippen MR) is 69.2 cm³/mol. The van der Waals surface area contributed by atoms with Gasteiger partial charge in [-0.25, -0.2) is 0 Å². The molecule has 5 heteroatoms. The molecule has 0 saturated carbocycles. The van der Waals surface area contributed by atoms with Crippen LogP contribution in [0.3, 0.4) is 0 Å². The Kier molecular flexibility index (Phi) is 3.55. The molecule has 1 aromatic carbocycles. The summed E-state index contributed by atoms with van der Waals surface area (Å²) in [4.78, 5) is 26.0. The normalized spacial score (nSPS) is 10.6. The van der Waals surface area contributed by atoms with Gasteiger partial charge in [-0.15, -0.1) is 0 Å². The number of rotatable bonds is 4. The van der Waals surface area contributed by atoms with E-state index in [-0.39, 0.29) is 18.3 Å². The lowest BCUT2D eigenvalue weighted by Gasteiger charge is -2.09.